The van der Waals surface area contributed by atoms with Gasteiger partial charge in [0, 0.05) is 39.0 Å². The first-order chi connectivity index (χ1) is 6.24. The van der Waals surface area contributed by atoms with Gasteiger partial charge in [0.1, 0.15) is 0 Å². The van der Waals surface area contributed by atoms with E-state index < -0.39 is 0 Å². The number of carbonyl (C=O) groups excluding carboxylic acids is 2. The molecular formula is C8H15N3O2. The minimum Gasteiger partial charge on any atom is -0.354 e. The first-order valence-electron chi connectivity index (χ1n) is 4.48. The Bertz CT molecular complexity index is 206. The van der Waals surface area contributed by atoms with E-state index in [2.05, 4.69) is 5.32 Å². The highest BCUT2D eigenvalue weighted by Crippen LogP contribution is 1.98. The molecule has 3 N–H and O–H groups in total. The molecule has 0 radical (unpaired) electrons. The summed E-state index contributed by atoms with van der Waals surface area (Å²) in [4.78, 5) is 24.0. The van der Waals surface area contributed by atoms with E-state index in [1.165, 1.54) is 0 Å². The molecule has 0 unspecified atom stereocenters. The third kappa shape index (κ3) is 3.02. The predicted molar refractivity (Wildman–Crippen MR) is 47.9 cm³/mol. The normalized spacial score (nSPS) is 17.9. The van der Waals surface area contributed by atoms with E-state index in [1.807, 2.05) is 0 Å². The van der Waals surface area contributed by atoms with Gasteiger partial charge in [-0.05, 0) is 0 Å². The number of hydrogen-bond acceptors (Lipinski definition) is 3. The van der Waals surface area contributed by atoms with Crippen LogP contribution in [-0.4, -0.2) is 42.9 Å². The average molecular weight is 185 g/mol. The lowest BCUT2D eigenvalue weighted by Gasteiger charge is -2.18. The fourth-order valence-corrected chi connectivity index (χ4v) is 1.30. The molecule has 0 bridgehead atoms. The lowest BCUT2D eigenvalue weighted by atomic mass is 10.3. The lowest BCUT2D eigenvalue weighted by Crippen LogP contribution is -2.35. The Morgan fingerprint density at radius 2 is 2.31 bits per heavy atom. The number of amides is 2. The average Bonchev–Trinajstić information content (AvgIpc) is 2.30. The van der Waals surface area contributed by atoms with Crippen LogP contribution in [0.4, 0.5) is 0 Å². The summed E-state index contributed by atoms with van der Waals surface area (Å²) in [6.07, 6.45) is 0.768. The van der Waals surface area contributed by atoms with Crippen LogP contribution >= 0.6 is 0 Å². The van der Waals surface area contributed by atoms with Gasteiger partial charge >= 0.3 is 0 Å². The second-order valence-corrected chi connectivity index (χ2v) is 3.02. The summed E-state index contributed by atoms with van der Waals surface area (Å²) in [5.41, 5.74) is 5.27. The van der Waals surface area contributed by atoms with Crippen LogP contribution in [0, 0.1) is 0 Å². The Morgan fingerprint density at radius 3 is 3.00 bits per heavy atom. The minimum absolute atomic E-state index is 0.0167. The Morgan fingerprint density at radius 1 is 1.54 bits per heavy atom. The van der Waals surface area contributed by atoms with E-state index in [1.54, 1.807) is 4.90 Å². The van der Waals surface area contributed by atoms with E-state index in [9.17, 15) is 9.59 Å². The van der Waals surface area contributed by atoms with Crippen LogP contribution in [0.3, 0.4) is 0 Å². The fraction of sp³-hybridized carbons (Fsp3) is 0.750. The molecule has 2 amide bonds. The fourth-order valence-electron chi connectivity index (χ4n) is 1.30. The molecule has 1 rings (SSSR count). The topological polar surface area (TPSA) is 75.4 Å². The number of nitrogens with one attached hydrogen (secondary N) is 1. The van der Waals surface area contributed by atoms with Crippen molar-refractivity contribution in [3.8, 4) is 0 Å². The molecule has 0 spiro atoms. The summed E-state index contributed by atoms with van der Waals surface area (Å²) >= 11 is 0. The summed E-state index contributed by atoms with van der Waals surface area (Å²) < 4.78 is 0. The van der Waals surface area contributed by atoms with Gasteiger partial charge in [-0.15, -0.1) is 0 Å². The molecule has 1 heterocycles. The summed E-state index contributed by atoms with van der Waals surface area (Å²) in [6.45, 7) is 2.04. The second-order valence-electron chi connectivity index (χ2n) is 3.02. The van der Waals surface area contributed by atoms with Crippen molar-refractivity contribution in [3.63, 3.8) is 0 Å². The minimum atomic E-state index is 0.0167. The van der Waals surface area contributed by atoms with Crippen LogP contribution < -0.4 is 11.1 Å². The largest absolute Gasteiger partial charge is 0.354 e. The third-order valence-corrected chi connectivity index (χ3v) is 2.02. The van der Waals surface area contributed by atoms with Crippen LogP contribution in [0.1, 0.15) is 12.8 Å². The number of rotatable bonds is 2. The van der Waals surface area contributed by atoms with Crippen LogP contribution in [0.25, 0.3) is 0 Å². The van der Waals surface area contributed by atoms with E-state index in [0.717, 1.165) is 0 Å². The maximum atomic E-state index is 11.4. The van der Waals surface area contributed by atoms with Crippen molar-refractivity contribution in [1.82, 2.24) is 10.2 Å². The molecule has 1 fully saturated rings. The summed E-state index contributed by atoms with van der Waals surface area (Å²) in [7, 11) is 0. The zero-order valence-corrected chi connectivity index (χ0v) is 7.58. The van der Waals surface area contributed by atoms with Crippen molar-refractivity contribution in [1.29, 1.82) is 0 Å². The molecule has 0 atom stereocenters. The molecule has 0 aliphatic carbocycles. The Kier molecular flexibility index (Phi) is 3.70. The van der Waals surface area contributed by atoms with E-state index in [-0.39, 0.29) is 11.8 Å². The first kappa shape index (κ1) is 9.98. The molecule has 0 aromatic carbocycles. The smallest absolute Gasteiger partial charge is 0.223 e. The molecule has 0 aromatic rings. The first-order valence-corrected chi connectivity index (χ1v) is 4.48. The molecule has 0 aromatic heterocycles. The van der Waals surface area contributed by atoms with Crippen LogP contribution in [0.2, 0.25) is 0 Å². The predicted octanol–water partition coefficient (Wildman–Crippen LogP) is -1.32. The van der Waals surface area contributed by atoms with E-state index in [4.69, 9.17) is 5.73 Å². The molecule has 1 aliphatic rings. The van der Waals surface area contributed by atoms with E-state index in [0.29, 0.717) is 39.0 Å². The zero-order valence-electron chi connectivity index (χ0n) is 7.58. The molecule has 1 aliphatic heterocycles. The molecular weight excluding hydrogens is 170 g/mol. The van der Waals surface area contributed by atoms with Crippen molar-refractivity contribution in [3.05, 3.63) is 0 Å². The van der Waals surface area contributed by atoms with Gasteiger partial charge in [-0.25, -0.2) is 0 Å². The Labute approximate surface area is 77.3 Å². The quantitative estimate of drug-likeness (QED) is 0.560. The Balaban J connectivity index is 2.41. The molecule has 0 saturated carbocycles. The van der Waals surface area contributed by atoms with Gasteiger partial charge in [-0.1, -0.05) is 0 Å². The second kappa shape index (κ2) is 4.81. The Hall–Kier alpha value is -1.10. The van der Waals surface area contributed by atoms with E-state index >= 15 is 0 Å². The van der Waals surface area contributed by atoms with Gasteiger partial charge in [-0.2, -0.15) is 0 Å². The van der Waals surface area contributed by atoms with Gasteiger partial charge in [0.2, 0.25) is 11.8 Å². The standard InChI is InChI=1S/C8H15N3O2/c9-3-1-8(13)11-5-2-7(12)10-4-6-11/h1-6,9H2,(H,10,12). The van der Waals surface area contributed by atoms with Crippen LogP contribution in [0.15, 0.2) is 0 Å². The zero-order chi connectivity index (χ0) is 9.68. The number of hydrogen-bond donors (Lipinski definition) is 2. The number of nitrogens with zero attached hydrogens (tertiary/aromatic N) is 1. The molecule has 13 heavy (non-hydrogen) atoms. The third-order valence-electron chi connectivity index (χ3n) is 2.02. The van der Waals surface area contributed by atoms with Gasteiger partial charge in [0.25, 0.3) is 0 Å². The van der Waals surface area contributed by atoms with Crippen molar-refractivity contribution >= 4 is 11.8 Å². The monoisotopic (exact) mass is 185 g/mol. The van der Waals surface area contributed by atoms with Crippen molar-refractivity contribution in [2.45, 2.75) is 12.8 Å². The number of nitrogens with two attached hydrogens (primary N) is 1. The summed E-state index contributed by atoms with van der Waals surface area (Å²) in [5.74, 6) is 0.0575. The highest BCUT2D eigenvalue weighted by atomic mass is 16.2. The summed E-state index contributed by atoms with van der Waals surface area (Å²) in [6, 6.07) is 0. The molecule has 5 nitrogen and oxygen atoms in total. The number of carbonyl (C=O) groups is 2. The SMILES string of the molecule is NCCC(=O)N1CCNC(=O)CC1. The van der Waals surface area contributed by atoms with Gasteiger partial charge in [0.15, 0.2) is 0 Å². The van der Waals surface area contributed by atoms with Crippen LogP contribution in [0.5, 0.6) is 0 Å². The highest BCUT2D eigenvalue weighted by Gasteiger charge is 2.16. The van der Waals surface area contributed by atoms with Crippen molar-refractivity contribution in [2.24, 2.45) is 5.73 Å². The maximum absolute atomic E-state index is 11.4. The lowest BCUT2D eigenvalue weighted by molar-refractivity contribution is -0.130. The molecule has 1 saturated heterocycles. The molecule has 74 valence electrons. The van der Waals surface area contributed by atoms with Gasteiger partial charge < -0.3 is 16.0 Å². The van der Waals surface area contributed by atoms with Crippen molar-refractivity contribution < 1.29 is 9.59 Å². The highest BCUT2D eigenvalue weighted by molar-refractivity contribution is 5.80. The van der Waals surface area contributed by atoms with Crippen LogP contribution in [-0.2, 0) is 9.59 Å². The van der Waals surface area contributed by atoms with Crippen molar-refractivity contribution in [2.75, 3.05) is 26.2 Å². The maximum Gasteiger partial charge on any atom is 0.223 e. The van der Waals surface area contributed by atoms with Gasteiger partial charge in [0.05, 0.1) is 0 Å². The molecule has 5 heteroatoms. The summed E-state index contributed by atoms with van der Waals surface area (Å²) in [5, 5.41) is 2.71. The van der Waals surface area contributed by atoms with Gasteiger partial charge in [-0.3, -0.25) is 9.59 Å².